The van der Waals surface area contributed by atoms with Crippen molar-refractivity contribution in [1.82, 2.24) is 15.3 Å². The van der Waals surface area contributed by atoms with Gasteiger partial charge in [-0.25, -0.2) is 4.98 Å². The number of hydrogen-bond donors (Lipinski definition) is 3. The highest BCUT2D eigenvalue weighted by atomic mass is 19.4. The molecule has 5 rings (SSSR count). The second-order valence-corrected chi connectivity index (χ2v) is 9.67. The fourth-order valence-corrected chi connectivity index (χ4v) is 4.74. The number of nitrogens with zero attached hydrogens (tertiary/aromatic N) is 3. The number of aromatic nitrogens is 2. The average Bonchev–Trinajstić information content (AvgIpc) is 2.97. The molecule has 0 radical (unpaired) electrons. The highest BCUT2D eigenvalue weighted by Crippen LogP contribution is 2.37. The number of hydrogen-bond acceptors (Lipinski definition) is 6. The third kappa shape index (κ3) is 6.67. The Labute approximate surface area is 226 Å². The molecule has 0 aliphatic carbocycles. The van der Waals surface area contributed by atoms with Crippen molar-refractivity contribution in [2.45, 2.75) is 31.5 Å². The molecule has 1 saturated heterocycles. The van der Waals surface area contributed by atoms with Gasteiger partial charge in [-0.3, -0.25) is 0 Å². The summed E-state index contributed by atoms with van der Waals surface area (Å²) in [6.45, 7) is 2.76. The van der Waals surface area contributed by atoms with Gasteiger partial charge in [0.15, 0.2) is 5.82 Å². The van der Waals surface area contributed by atoms with Crippen molar-refractivity contribution in [3.8, 4) is 0 Å². The monoisotopic (exact) mass is 532 g/mol. The van der Waals surface area contributed by atoms with Crippen LogP contribution in [-0.2, 0) is 12.7 Å². The molecule has 9 heteroatoms. The van der Waals surface area contributed by atoms with Gasteiger partial charge in [-0.15, -0.1) is 0 Å². The minimum absolute atomic E-state index is 0.0840. The van der Waals surface area contributed by atoms with Gasteiger partial charge >= 0.3 is 6.18 Å². The van der Waals surface area contributed by atoms with Crippen molar-refractivity contribution in [3.05, 3.63) is 102 Å². The summed E-state index contributed by atoms with van der Waals surface area (Å²) in [5.74, 6) is 0.408. The van der Waals surface area contributed by atoms with Gasteiger partial charge in [0.25, 0.3) is 0 Å². The van der Waals surface area contributed by atoms with E-state index >= 15 is 0 Å². The summed E-state index contributed by atoms with van der Waals surface area (Å²) in [6.07, 6.45) is -1.36. The lowest BCUT2D eigenvalue weighted by molar-refractivity contribution is -0.137. The SMILES string of the molecule is CN(c1ccccc1)c1nc(Nc2ccc(CNc3cccc(C4CCCNC4)c3)cc2)ncc1C(F)(F)F. The van der Waals surface area contributed by atoms with Gasteiger partial charge in [-0.1, -0.05) is 42.5 Å². The Hall–Kier alpha value is -4.11. The summed E-state index contributed by atoms with van der Waals surface area (Å²) >= 11 is 0. The van der Waals surface area contributed by atoms with Crippen LogP contribution in [0.2, 0.25) is 0 Å². The van der Waals surface area contributed by atoms with E-state index in [4.69, 9.17) is 0 Å². The molecular weight excluding hydrogens is 501 g/mol. The summed E-state index contributed by atoms with van der Waals surface area (Å²) in [7, 11) is 1.56. The summed E-state index contributed by atoms with van der Waals surface area (Å²) in [5, 5.41) is 9.99. The quantitative estimate of drug-likeness (QED) is 0.225. The summed E-state index contributed by atoms with van der Waals surface area (Å²) in [5.41, 5.74) is 3.87. The Bertz CT molecular complexity index is 1370. The normalized spacial score (nSPS) is 15.5. The van der Waals surface area contributed by atoms with Crippen molar-refractivity contribution in [2.75, 3.05) is 35.7 Å². The topological polar surface area (TPSA) is 65.1 Å². The van der Waals surface area contributed by atoms with Crippen molar-refractivity contribution in [1.29, 1.82) is 0 Å². The van der Waals surface area contributed by atoms with E-state index in [-0.39, 0.29) is 11.8 Å². The van der Waals surface area contributed by atoms with E-state index in [1.165, 1.54) is 23.3 Å². The molecule has 0 saturated carbocycles. The van der Waals surface area contributed by atoms with Gasteiger partial charge < -0.3 is 20.9 Å². The van der Waals surface area contributed by atoms with Crippen LogP contribution in [-0.4, -0.2) is 30.1 Å². The van der Waals surface area contributed by atoms with Crippen LogP contribution in [0.25, 0.3) is 0 Å². The predicted molar refractivity (Wildman–Crippen MR) is 150 cm³/mol. The molecule has 6 nitrogen and oxygen atoms in total. The molecule has 2 heterocycles. The zero-order valence-corrected chi connectivity index (χ0v) is 21.7. The Balaban J connectivity index is 1.26. The number of rotatable bonds is 8. The predicted octanol–water partition coefficient (Wildman–Crippen LogP) is 7.09. The highest BCUT2D eigenvalue weighted by Gasteiger charge is 2.36. The minimum atomic E-state index is -4.58. The van der Waals surface area contributed by atoms with Gasteiger partial charge in [0.2, 0.25) is 5.95 Å². The zero-order chi connectivity index (χ0) is 27.2. The third-order valence-corrected chi connectivity index (χ3v) is 6.90. The molecule has 0 amide bonds. The molecule has 1 atom stereocenters. The number of alkyl halides is 3. The summed E-state index contributed by atoms with van der Waals surface area (Å²) < 4.78 is 41.1. The second kappa shape index (κ2) is 11.7. The largest absolute Gasteiger partial charge is 0.421 e. The van der Waals surface area contributed by atoms with E-state index in [0.29, 0.717) is 23.8 Å². The summed E-state index contributed by atoms with van der Waals surface area (Å²) in [4.78, 5) is 9.57. The van der Waals surface area contributed by atoms with Crippen LogP contribution < -0.4 is 20.9 Å². The maximum Gasteiger partial charge on any atom is 0.421 e. The van der Waals surface area contributed by atoms with E-state index in [2.05, 4.69) is 50.2 Å². The lowest BCUT2D eigenvalue weighted by atomic mass is 9.91. The molecule has 3 N–H and O–H groups in total. The van der Waals surface area contributed by atoms with Crippen LogP contribution >= 0.6 is 0 Å². The first-order valence-electron chi connectivity index (χ1n) is 13.0. The van der Waals surface area contributed by atoms with Crippen LogP contribution in [0.15, 0.2) is 85.1 Å². The van der Waals surface area contributed by atoms with Gasteiger partial charge in [0.05, 0.1) is 0 Å². The molecule has 39 heavy (non-hydrogen) atoms. The number of anilines is 5. The fraction of sp³-hybridized carbons (Fsp3) is 0.267. The molecule has 202 valence electrons. The van der Waals surface area contributed by atoms with E-state index in [0.717, 1.165) is 30.5 Å². The molecule has 0 spiro atoms. The maximum absolute atomic E-state index is 13.7. The Morgan fingerprint density at radius 1 is 0.974 bits per heavy atom. The third-order valence-electron chi connectivity index (χ3n) is 6.90. The minimum Gasteiger partial charge on any atom is -0.381 e. The Morgan fingerprint density at radius 2 is 1.77 bits per heavy atom. The van der Waals surface area contributed by atoms with Crippen molar-refractivity contribution < 1.29 is 13.2 Å². The van der Waals surface area contributed by atoms with Gasteiger partial charge in [0.1, 0.15) is 5.56 Å². The lowest BCUT2D eigenvalue weighted by Crippen LogP contribution is -2.28. The van der Waals surface area contributed by atoms with Gasteiger partial charge in [0, 0.05) is 43.4 Å². The Kier molecular flexibility index (Phi) is 7.97. The fourth-order valence-electron chi connectivity index (χ4n) is 4.74. The second-order valence-electron chi connectivity index (χ2n) is 9.67. The molecule has 1 aliphatic heterocycles. The molecule has 3 aromatic carbocycles. The van der Waals surface area contributed by atoms with Crippen molar-refractivity contribution in [2.24, 2.45) is 0 Å². The highest BCUT2D eigenvalue weighted by molar-refractivity contribution is 5.65. The number of nitrogens with one attached hydrogen (secondary N) is 3. The Morgan fingerprint density at radius 3 is 2.49 bits per heavy atom. The molecular formula is C30H31F3N6. The van der Waals surface area contributed by atoms with Crippen LogP contribution in [0, 0.1) is 0 Å². The van der Waals surface area contributed by atoms with Gasteiger partial charge in [-0.05, 0) is 72.8 Å². The molecule has 0 bridgehead atoms. The maximum atomic E-state index is 13.7. The standard InChI is InChI=1S/C30H31F3N6/c1-39(26-10-3-2-4-11-26)28-27(30(31,32)33)20-36-29(38-28)37-24-14-12-21(13-15-24)18-35-25-9-5-7-22(17-25)23-8-6-16-34-19-23/h2-5,7,9-15,17,20,23,34-35H,6,8,16,18-19H2,1H3,(H,36,37,38). The first-order valence-corrected chi connectivity index (χ1v) is 13.0. The van der Waals surface area contributed by atoms with Crippen molar-refractivity contribution in [3.63, 3.8) is 0 Å². The molecule has 1 aliphatic rings. The number of benzene rings is 3. The molecule has 1 aromatic heterocycles. The van der Waals surface area contributed by atoms with Crippen LogP contribution in [0.5, 0.6) is 0 Å². The van der Waals surface area contributed by atoms with E-state index < -0.39 is 11.7 Å². The lowest BCUT2D eigenvalue weighted by Gasteiger charge is -2.23. The molecule has 1 unspecified atom stereocenters. The average molecular weight is 533 g/mol. The van der Waals surface area contributed by atoms with Crippen LogP contribution in [0.4, 0.5) is 42.0 Å². The first-order chi connectivity index (χ1) is 18.9. The van der Waals surface area contributed by atoms with E-state index in [9.17, 15) is 13.2 Å². The summed E-state index contributed by atoms with van der Waals surface area (Å²) in [6, 6.07) is 25.0. The van der Waals surface area contributed by atoms with Crippen LogP contribution in [0.1, 0.15) is 35.4 Å². The van der Waals surface area contributed by atoms with E-state index in [1.807, 2.05) is 24.3 Å². The van der Waals surface area contributed by atoms with E-state index in [1.54, 1.807) is 37.4 Å². The zero-order valence-electron chi connectivity index (χ0n) is 21.7. The number of halogens is 3. The first kappa shape index (κ1) is 26.5. The molecule has 1 fully saturated rings. The smallest absolute Gasteiger partial charge is 0.381 e. The van der Waals surface area contributed by atoms with Crippen LogP contribution in [0.3, 0.4) is 0 Å². The number of piperidine rings is 1. The molecule has 4 aromatic rings. The number of para-hydroxylation sites is 1. The van der Waals surface area contributed by atoms with Gasteiger partial charge in [-0.2, -0.15) is 18.2 Å². The van der Waals surface area contributed by atoms with Crippen molar-refractivity contribution >= 4 is 28.8 Å².